The molecule has 0 amide bonds. The normalized spacial score (nSPS) is 40.6. The highest BCUT2D eigenvalue weighted by molar-refractivity contribution is 5.01. The first kappa shape index (κ1) is 20.2. The van der Waals surface area contributed by atoms with Gasteiger partial charge in [-0.05, 0) is 85.4 Å². The van der Waals surface area contributed by atoms with E-state index in [-0.39, 0.29) is 0 Å². The summed E-state index contributed by atoms with van der Waals surface area (Å²) in [5, 5.41) is 9.05. The lowest BCUT2D eigenvalue weighted by molar-refractivity contribution is 0.0114. The molecule has 5 unspecified atom stereocenters. The first-order valence-corrected chi connectivity index (χ1v) is 11.8. The van der Waals surface area contributed by atoms with E-state index in [0.29, 0.717) is 10.8 Å². The van der Waals surface area contributed by atoms with Gasteiger partial charge in [0.25, 0.3) is 0 Å². The van der Waals surface area contributed by atoms with Gasteiger partial charge in [-0.2, -0.15) is 5.26 Å². The molecule has 0 heterocycles. The van der Waals surface area contributed by atoms with Crippen molar-refractivity contribution in [3.63, 3.8) is 0 Å². The molecule has 0 saturated heterocycles. The highest BCUT2D eigenvalue weighted by Gasteiger charge is 2.51. The van der Waals surface area contributed by atoms with Crippen LogP contribution in [0, 0.1) is 51.8 Å². The van der Waals surface area contributed by atoms with E-state index in [4.69, 9.17) is 5.26 Å². The zero-order valence-corrected chi connectivity index (χ0v) is 18.0. The largest absolute Gasteiger partial charge is 0.198 e. The van der Waals surface area contributed by atoms with Gasteiger partial charge in [0.1, 0.15) is 0 Å². The average molecular weight is 358 g/mol. The molecule has 0 aliphatic heterocycles. The van der Waals surface area contributed by atoms with E-state index in [1.807, 2.05) is 0 Å². The zero-order chi connectivity index (χ0) is 18.8. The summed E-state index contributed by atoms with van der Waals surface area (Å²) in [6.45, 7) is 10.2. The summed E-state index contributed by atoms with van der Waals surface area (Å²) in [4.78, 5) is 0. The molecule has 0 bridgehead atoms. The van der Waals surface area contributed by atoms with Crippen LogP contribution in [-0.2, 0) is 0 Å². The van der Waals surface area contributed by atoms with Crippen molar-refractivity contribution in [2.75, 3.05) is 0 Å². The van der Waals surface area contributed by atoms with Crippen LogP contribution < -0.4 is 0 Å². The fraction of sp³-hybridized carbons (Fsp3) is 0.960. The standard InChI is InChI=1S/C25H43N/c1-5-19(22-12-6-7-15-24(22,2)3)18-20-10-8-16-25(4)21(11-9-17-26)13-14-23(20)25/h19-23H,5-16,18H2,1-4H3/t19-,20?,21?,22?,23?,25?/m0/s1. The summed E-state index contributed by atoms with van der Waals surface area (Å²) in [5.41, 5.74) is 1.10. The highest BCUT2D eigenvalue weighted by atomic mass is 14.6. The summed E-state index contributed by atoms with van der Waals surface area (Å²) in [7, 11) is 0. The van der Waals surface area contributed by atoms with Crippen molar-refractivity contribution in [1.29, 1.82) is 5.26 Å². The van der Waals surface area contributed by atoms with Gasteiger partial charge in [0.05, 0.1) is 6.07 Å². The number of hydrogen-bond acceptors (Lipinski definition) is 1. The van der Waals surface area contributed by atoms with Gasteiger partial charge in [0, 0.05) is 6.42 Å². The predicted molar refractivity (Wildman–Crippen MR) is 111 cm³/mol. The maximum atomic E-state index is 9.05. The van der Waals surface area contributed by atoms with Gasteiger partial charge in [-0.15, -0.1) is 0 Å². The first-order valence-electron chi connectivity index (χ1n) is 11.8. The van der Waals surface area contributed by atoms with Gasteiger partial charge in [-0.3, -0.25) is 0 Å². The van der Waals surface area contributed by atoms with Gasteiger partial charge in [0.15, 0.2) is 0 Å². The lowest BCUT2D eigenvalue weighted by Gasteiger charge is -2.49. The first-order chi connectivity index (χ1) is 12.4. The summed E-state index contributed by atoms with van der Waals surface area (Å²) in [5.74, 6) is 4.62. The molecule has 1 nitrogen and oxygen atoms in total. The quantitative estimate of drug-likeness (QED) is 0.476. The Hall–Kier alpha value is -0.510. The van der Waals surface area contributed by atoms with Crippen molar-refractivity contribution in [3.8, 4) is 6.07 Å². The summed E-state index contributed by atoms with van der Waals surface area (Å²) in [6.07, 6.45) is 17.8. The second-order valence-corrected chi connectivity index (χ2v) is 11.0. The van der Waals surface area contributed by atoms with Gasteiger partial charge in [-0.25, -0.2) is 0 Å². The van der Waals surface area contributed by atoms with E-state index in [9.17, 15) is 0 Å². The van der Waals surface area contributed by atoms with E-state index in [1.165, 1.54) is 70.6 Å². The van der Waals surface area contributed by atoms with E-state index in [2.05, 4.69) is 33.8 Å². The predicted octanol–water partition coefficient (Wildman–Crippen LogP) is 7.76. The minimum Gasteiger partial charge on any atom is -0.198 e. The van der Waals surface area contributed by atoms with Crippen LogP contribution in [0.5, 0.6) is 0 Å². The van der Waals surface area contributed by atoms with Crippen LogP contribution in [-0.4, -0.2) is 0 Å². The Bertz CT molecular complexity index is 501. The van der Waals surface area contributed by atoms with Crippen molar-refractivity contribution in [3.05, 3.63) is 0 Å². The van der Waals surface area contributed by atoms with Gasteiger partial charge >= 0.3 is 0 Å². The van der Waals surface area contributed by atoms with Crippen LogP contribution in [0.4, 0.5) is 0 Å². The van der Waals surface area contributed by atoms with E-state index in [0.717, 1.165) is 42.4 Å². The third-order valence-corrected chi connectivity index (χ3v) is 9.36. The molecule has 3 aliphatic rings. The summed E-state index contributed by atoms with van der Waals surface area (Å²) >= 11 is 0. The number of fused-ring (bicyclic) bond motifs is 1. The number of hydrogen-bond donors (Lipinski definition) is 0. The van der Waals surface area contributed by atoms with Crippen LogP contribution >= 0.6 is 0 Å². The Morgan fingerprint density at radius 3 is 2.50 bits per heavy atom. The molecular formula is C25H43N. The van der Waals surface area contributed by atoms with Crippen LogP contribution in [0.15, 0.2) is 0 Å². The van der Waals surface area contributed by atoms with Gasteiger partial charge < -0.3 is 0 Å². The Kier molecular flexibility index (Phi) is 6.41. The maximum Gasteiger partial charge on any atom is 0.0621 e. The van der Waals surface area contributed by atoms with E-state index >= 15 is 0 Å². The second-order valence-electron chi connectivity index (χ2n) is 11.0. The molecule has 0 spiro atoms. The van der Waals surface area contributed by atoms with Crippen molar-refractivity contribution in [2.45, 2.75) is 111 Å². The summed E-state index contributed by atoms with van der Waals surface area (Å²) < 4.78 is 0. The van der Waals surface area contributed by atoms with Crippen LogP contribution in [0.3, 0.4) is 0 Å². The molecule has 3 aliphatic carbocycles. The molecule has 0 aromatic rings. The van der Waals surface area contributed by atoms with Gasteiger partial charge in [0.2, 0.25) is 0 Å². The third-order valence-electron chi connectivity index (χ3n) is 9.36. The van der Waals surface area contributed by atoms with Crippen molar-refractivity contribution in [1.82, 2.24) is 0 Å². The van der Waals surface area contributed by atoms with Crippen molar-refractivity contribution >= 4 is 0 Å². The number of nitriles is 1. The molecule has 0 aromatic heterocycles. The molecule has 6 atom stereocenters. The average Bonchev–Trinajstić information content (AvgIpc) is 2.95. The topological polar surface area (TPSA) is 23.8 Å². The van der Waals surface area contributed by atoms with Crippen molar-refractivity contribution < 1.29 is 0 Å². The second kappa shape index (κ2) is 8.24. The number of rotatable bonds is 6. The molecule has 1 heteroatoms. The molecule has 3 saturated carbocycles. The fourth-order valence-electron chi connectivity index (χ4n) is 7.85. The molecule has 26 heavy (non-hydrogen) atoms. The third kappa shape index (κ3) is 3.86. The zero-order valence-electron chi connectivity index (χ0n) is 18.0. The molecule has 0 aromatic carbocycles. The van der Waals surface area contributed by atoms with Gasteiger partial charge in [-0.1, -0.05) is 59.8 Å². The Balaban J connectivity index is 1.70. The minimum atomic E-state index is 0.542. The Morgan fingerprint density at radius 2 is 1.81 bits per heavy atom. The SMILES string of the molecule is CC[C@@H](CC1CCCC2(C)C(CCC#N)CCC12)C1CCCCC1(C)C. The molecule has 3 rings (SSSR count). The summed E-state index contributed by atoms with van der Waals surface area (Å²) in [6, 6.07) is 2.41. The lowest BCUT2D eigenvalue weighted by Crippen LogP contribution is -2.40. The monoisotopic (exact) mass is 357 g/mol. The van der Waals surface area contributed by atoms with Crippen molar-refractivity contribution in [2.24, 2.45) is 40.4 Å². The molecule has 148 valence electrons. The van der Waals surface area contributed by atoms with Crippen LogP contribution in [0.25, 0.3) is 0 Å². The minimum absolute atomic E-state index is 0.542. The smallest absolute Gasteiger partial charge is 0.0621 e. The Labute approximate surface area is 163 Å². The highest BCUT2D eigenvalue weighted by Crippen LogP contribution is 2.60. The molecule has 0 N–H and O–H groups in total. The van der Waals surface area contributed by atoms with Crippen LogP contribution in [0.2, 0.25) is 0 Å². The maximum absolute atomic E-state index is 9.05. The fourth-order valence-corrected chi connectivity index (χ4v) is 7.85. The molecule has 3 fully saturated rings. The molecular weight excluding hydrogens is 314 g/mol. The lowest BCUT2D eigenvalue weighted by atomic mass is 9.56. The number of nitrogens with zero attached hydrogens (tertiary/aromatic N) is 1. The molecule has 0 radical (unpaired) electrons. The van der Waals surface area contributed by atoms with E-state index < -0.39 is 0 Å². The Morgan fingerprint density at radius 1 is 1.00 bits per heavy atom. The van der Waals surface area contributed by atoms with E-state index in [1.54, 1.807) is 0 Å². The van der Waals surface area contributed by atoms with Crippen LogP contribution in [0.1, 0.15) is 111 Å².